The molecule has 1 unspecified atom stereocenters. The van der Waals surface area contributed by atoms with E-state index in [0.29, 0.717) is 21.8 Å². The summed E-state index contributed by atoms with van der Waals surface area (Å²) < 4.78 is 5.29. The highest BCUT2D eigenvalue weighted by Gasteiger charge is 2.41. The number of aromatic nitrogens is 1. The van der Waals surface area contributed by atoms with Gasteiger partial charge in [0.2, 0.25) is 11.8 Å². The van der Waals surface area contributed by atoms with Gasteiger partial charge in [0.15, 0.2) is 12.4 Å². The Kier molecular flexibility index (Phi) is 8.09. The van der Waals surface area contributed by atoms with Crippen molar-refractivity contribution in [1.82, 2.24) is 4.98 Å². The van der Waals surface area contributed by atoms with Crippen LogP contribution in [0.1, 0.15) is 62.9 Å². The van der Waals surface area contributed by atoms with Crippen LogP contribution < -0.4 is 4.90 Å². The summed E-state index contributed by atoms with van der Waals surface area (Å²) in [4.78, 5) is 57.3. The van der Waals surface area contributed by atoms with Gasteiger partial charge in [-0.2, -0.15) is 5.26 Å². The number of aryl methyl sites for hydroxylation is 1. The van der Waals surface area contributed by atoms with Crippen LogP contribution in [-0.2, 0) is 27.2 Å². The molecule has 218 valence electrons. The van der Waals surface area contributed by atoms with Gasteiger partial charge in [-0.05, 0) is 77.6 Å². The summed E-state index contributed by atoms with van der Waals surface area (Å²) >= 11 is 1.12. The number of nitrogens with zero attached hydrogens (tertiary/aromatic N) is 3. The highest BCUT2D eigenvalue weighted by molar-refractivity contribution is 8.00. The van der Waals surface area contributed by atoms with Crippen LogP contribution in [-0.4, -0.2) is 40.4 Å². The number of Topliss-reactive ketones (excluding diaryl/α,β-unsaturated/α-hetero) is 1. The molecule has 44 heavy (non-hydrogen) atoms. The Morgan fingerprint density at radius 1 is 0.977 bits per heavy atom. The summed E-state index contributed by atoms with van der Waals surface area (Å²) in [7, 11) is 0. The monoisotopic (exact) mass is 601 g/mol. The number of thioether (sulfide) groups is 1. The van der Waals surface area contributed by atoms with Crippen molar-refractivity contribution in [3.05, 3.63) is 112 Å². The normalized spacial score (nSPS) is 15.1. The molecule has 1 aromatic heterocycles. The Bertz CT molecular complexity index is 1860. The Hall–Kier alpha value is -5.07. The molecule has 0 radical (unpaired) electrons. The molecule has 8 nitrogen and oxygen atoms in total. The molecular weight excluding hydrogens is 574 g/mol. The minimum absolute atomic E-state index is 0.0330. The molecule has 0 bridgehead atoms. The first-order valence-corrected chi connectivity index (χ1v) is 15.2. The van der Waals surface area contributed by atoms with Crippen LogP contribution in [0.2, 0.25) is 0 Å². The number of hydrogen-bond donors (Lipinski definition) is 0. The summed E-state index contributed by atoms with van der Waals surface area (Å²) in [6, 6.07) is 25.2. The molecule has 1 aliphatic heterocycles. The number of anilines is 1. The van der Waals surface area contributed by atoms with E-state index < -0.39 is 23.7 Å². The van der Waals surface area contributed by atoms with Crippen molar-refractivity contribution in [3.63, 3.8) is 0 Å². The Labute approximate surface area is 258 Å². The number of esters is 1. The van der Waals surface area contributed by atoms with Gasteiger partial charge in [0.05, 0.1) is 22.1 Å². The fourth-order valence-corrected chi connectivity index (χ4v) is 6.63. The summed E-state index contributed by atoms with van der Waals surface area (Å²) in [6.07, 6.45) is 2.36. The van der Waals surface area contributed by atoms with E-state index in [1.807, 2.05) is 31.2 Å². The molecule has 1 fully saturated rings. The topological polar surface area (TPSA) is 117 Å². The van der Waals surface area contributed by atoms with Gasteiger partial charge >= 0.3 is 5.97 Å². The van der Waals surface area contributed by atoms with Crippen LogP contribution in [0.15, 0.2) is 83.9 Å². The number of hydrogen-bond acceptors (Lipinski definition) is 8. The molecule has 2 heterocycles. The molecule has 1 saturated heterocycles. The van der Waals surface area contributed by atoms with Crippen molar-refractivity contribution in [2.24, 2.45) is 0 Å². The first-order valence-electron chi connectivity index (χ1n) is 14.3. The molecule has 1 atom stereocenters. The van der Waals surface area contributed by atoms with Crippen molar-refractivity contribution < 1.29 is 23.9 Å². The Morgan fingerprint density at radius 3 is 2.50 bits per heavy atom. The number of ether oxygens (including phenoxy) is 1. The molecule has 2 aliphatic rings. The predicted molar refractivity (Wildman–Crippen MR) is 165 cm³/mol. The fraction of sp³-hybridized carbons (Fsp3) is 0.200. The first-order chi connectivity index (χ1) is 21.4. The van der Waals surface area contributed by atoms with E-state index in [2.05, 4.69) is 23.2 Å². The average Bonchev–Trinajstić information content (AvgIpc) is 3.55. The zero-order valence-corrected chi connectivity index (χ0v) is 24.7. The lowest BCUT2D eigenvalue weighted by atomic mass is 10.0. The molecule has 3 aromatic carbocycles. The third-order valence-corrected chi connectivity index (χ3v) is 8.90. The minimum Gasteiger partial charge on any atom is -0.454 e. The molecule has 0 spiro atoms. The van der Waals surface area contributed by atoms with E-state index in [4.69, 9.17) is 4.74 Å². The number of pyridine rings is 1. The van der Waals surface area contributed by atoms with Gasteiger partial charge < -0.3 is 4.74 Å². The first kappa shape index (κ1) is 29.0. The third-order valence-electron chi connectivity index (χ3n) is 7.71. The van der Waals surface area contributed by atoms with Gasteiger partial charge in [-0.15, -0.1) is 0 Å². The van der Waals surface area contributed by atoms with Crippen molar-refractivity contribution in [2.75, 3.05) is 11.5 Å². The average molecular weight is 602 g/mol. The quantitative estimate of drug-likeness (QED) is 0.116. The molecular formula is C35H27N3O5S. The van der Waals surface area contributed by atoms with Gasteiger partial charge in [-0.1, -0.05) is 61.5 Å². The van der Waals surface area contributed by atoms with E-state index >= 15 is 0 Å². The Morgan fingerprint density at radius 2 is 1.73 bits per heavy atom. The highest BCUT2D eigenvalue weighted by Crippen LogP contribution is 2.37. The van der Waals surface area contributed by atoms with E-state index in [1.165, 1.54) is 35.4 Å². The van der Waals surface area contributed by atoms with E-state index in [1.54, 1.807) is 18.2 Å². The van der Waals surface area contributed by atoms with E-state index in [9.17, 15) is 24.4 Å². The zero-order chi connectivity index (χ0) is 30.8. The van der Waals surface area contributed by atoms with Crippen LogP contribution in [0.5, 0.6) is 0 Å². The predicted octanol–water partition coefficient (Wildman–Crippen LogP) is 5.94. The smallest absolute Gasteiger partial charge is 0.338 e. The van der Waals surface area contributed by atoms with Gasteiger partial charge in [-0.3, -0.25) is 14.4 Å². The van der Waals surface area contributed by atoms with Crippen LogP contribution in [0.3, 0.4) is 0 Å². The minimum atomic E-state index is -0.719. The molecule has 6 rings (SSSR count). The second-order valence-electron chi connectivity index (χ2n) is 10.6. The number of fused-ring (bicyclic) bond motifs is 3. The van der Waals surface area contributed by atoms with Crippen molar-refractivity contribution >= 4 is 41.0 Å². The molecule has 2 amide bonds. The fourth-order valence-electron chi connectivity index (χ4n) is 5.51. The van der Waals surface area contributed by atoms with E-state index in [-0.39, 0.29) is 23.7 Å². The van der Waals surface area contributed by atoms with Crippen LogP contribution >= 0.6 is 11.8 Å². The zero-order valence-electron chi connectivity index (χ0n) is 23.9. The Balaban J connectivity index is 1.08. The number of benzene rings is 3. The van der Waals surface area contributed by atoms with Crippen LogP contribution in [0, 0.1) is 11.3 Å². The van der Waals surface area contributed by atoms with Crippen LogP contribution in [0.4, 0.5) is 5.69 Å². The van der Waals surface area contributed by atoms with Gasteiger partial charge in [0.1, 0.15) is 11.1 Å². The van der Waals surface area contributed by atoms with Gasteiger partial charge in [0.25, 0.3) is 0 Å². The SMILES string of the molecule is CCCc1ccc(C#N)c(SC2CC(=O)N(c3ccc(C(=O)OCC(=O)c4ccc5c(c4)Cc4ccccc4-5)cc3)C2=O)n1. The summed E-state index contributed by atoms with van der Waals surface area (Å²) in [5, 5.41) is 9.22. The number of ketones is 1. The second-order valence-corrected chi connectivity index (χ2v) is 11.8. The van der Waals surface area contributed by atoms with Gasteiger partial charge in [-0.25, -0.2) is 14.7 Å². The number of nitriles is 1. The molecule has 0 N–H and O–H groups in total. The number of carbonyl (C=O) groups excluding carboxylic acids is 4. The summed E-state index contributed by atoms with van der Waals surface area (Å²) in [6.45, 7) is 1.62. The largest absolute Gasteiger partial charge is 0.454 e. The number of rotatable bonds is 9. The maximum absolute atomic E-state index is 13.2. The molecule has 0 saturated carbocycles. The third kappa shape index (κ3) is 5.64. The maximum Gasteiger partial charge on any atom is 0.338 e. The summed E-state index contributed by atoms with van der Waals surface area (Å²) in [5.74, 6) is -1.79. The molecule has 4 aromatic rings. The van der Waals surface area contributed by atoms with Crippen molar-refractivity contribution in [3.8, 4) is 17.2 Å². The summed E-state index contributed by atoms with van der Waals surface area (Å²) in [5.41, 5.74) is 6.74. The number of carbonyl (C=O) groups is 4. The van der Waals surface area contributed by atoms with Crippen molar-refractivity contribution in [1.29, 1.82) is 5.26 Å². The van der Waals surface area contributed by atoms with Crippen molar-refractivity contribution in [2.45, 2.75) is 42.9 Å². The lowest BCUT2D eigenvalue weighted by Crippen LogP contribution is -2.31. The molecule has 1 aliphatic carbocycles. The number of imide groups is 1. The molecule has 9 heteroatoms. The lowest BCUT2D eigenvalue weighted by molar-refractivity contribution is -0.121. The standard InChI is InChI=1S/C35H27N3O5S/c1-2-5-26-12-8-24(19-36)33(37-26)44-31-18-32(40)38(34(31)41)27-13-9-21(10-14-27)35(42)43-20-30(39)23-11-15-29-25(17-23)16-22-6-3-4-7-28(22)29/h3-4,6-15,17,31H,2,5,16,18,20H2,1H3. The van der Waals surface area contributed by atoms with Gasteiger partial charge in [0, 0.05) is 17.7 Å². The lowest BCUT2D eigenvalue weighted by Gasteiger charge is -2.15. The number of amides is 2. The van der Waals surface area contributed by atoms with Crippen LogP contribution in [0.25, 0.3) is 11.1 Å². The maximum atomic E-state index is 13.2. The highest BCUT2D eigenvalue weighted by atomic mass is 32.2. The second kappa shape index (κ2) is 12.3. The van der Waals surface area contributed by atoms with E-state index in [0.717, 1.165) is 52.7 Å².